The fourth-order valence-corrected chi connectivity index (χ4v) is 1.98. The molecule has 0 bridgehead atoms. The van der Waals surface area contributed by atoms with Crippen LogP contribution in [0.2, 0.25) is 0 Å². The van der Waals surface area contributed by atoms with E-state index in [1.165, 1.54) is 13.2 Å². The summed E-state index contributed by atoms with van der Waals surface area (Å²) in [5.41, 5.74) is 0.350. The van der Waals surface area contributed by atoms with Crippen molar-refractivity contribution in [2.24, 2.45) is 0 Å². The smallest absolute Gasteiger partial charge is 0.326 e. The maximum absolute atomic E-state index is 11.9. The van der Waals surface area contributed by atoms with Gasteiger partial charge < -0.3 is 15.2 Å². The Morgan fingerprint density at radius 3 is 2.74 bits per heavy atom. The average molecular weight is 328 g/mol. The van der Waals surface area contributed by atoms with Crippen molar-refractivity contribution in [3.63, 3.8) is 0 Å². The van der Waals surface area contributed by atoms with Crippen molar-refractivity contribution in [3.8, 4) is 5.75 Å². The van der Waals surface area contributed by atoms with Crippen molar-refractivity contribution in [1.82, 2.24) is 5.32 Å². The molecule has 0 heterocycles. The summed E-state index contributed by atoms with van der Waals surface area (Å²) in [6, 6.07) is 3.78. The molecule has 1 amide bonds. The number of carboxylic acids is 1. The molecule has 19 heavy (non-hydrogen) atoms. The molecular weight excluding hydrogens is 314 g/mol. The Morgan fingerprint density at radius 2 is 2.26 bits per heavy atom. The Balaban J connectivity index is 2.85. The van der Waals surface area contributed by atoms with Crippen molar-refractivity contribution in [3.05, 3.63) is 40.9 Å². The van der Waals surface area contributed by atoms with E-state index in [0.717, 1.165) is 0 Å². The predicted molar refractivity (Wildman–Crippen MR) is 74.4 cm³/mol. The lowest BCUT2D eigenvalue weighted by atomic mass is 10.1. The highest BCUT2D eigenvalue weighted by atomic mass is 79.9. The molecule has 0 aliphatic heterocycles. The van der Waals surface area contributed by atoms with E-state index in [1.54, 1.807) is 18.2 Å². The summed E-state index contributed by atoms with van der Waals surface area (Å²) in [6.45, 7) is 3.46. The molecule has 0 spiro atoms. The van der Waals surface area contributed by atoms with Crippen molar-refractivity contribution in [2.45, 2.75) is 12.5 Å². The number of hydrogen-bond donors (Lipinski definition) is 2. The van der Waals surface area contributed by atoms with Gasteiger partial charge in [-0.2, -0.15) is 0 Å². The van der Waals surface area contributed by atoms with Gasteiger partial charge in [-0.1, -0.05) is 6.08 Å². The minimum atomic E-state index is -1.10. The van der Waals surface area contributed by atoms with Crippen LogP contribution in [0.3, 0.4) is 0 Å². The number of carbonyl (C=O) groups excluding carboxylic acids is 1. The number of rotatable bonds is 6. The molecule has 0 aliphatic carbocycles. The number of nitrogens with one attached hydrogen (secondary N) is 1. The molecule has 6 heteroatoms. The average Bonchev–Trinajstić information content (AvgIpc) is 2.37. The van der Waals surface area contributed by atoms with Gasteiger partial charge in [0.1, 0.15) is 11.8 Å². The highest BCUT2D eigenvalue weighted by Crippen LogP contribution is 2.25. The summed E-state index contributed by atoms with van der Waals surface area (Å²) in [7, 11) is 1.52. The standard InChI is InChI=1S/C13H14BrNO4/c1-3-4-10(13(17)18)15-12(16)8-5-6-11(19-2)9(14)7-8/h3,5-7,10H,1,4H2,2H3,(H,15,16)(H,17,18). The lowest BCUT2D eigenvalue weighted by molar-refractivity contribution is -0.139. The molecule has 0 saturated carbocycles. The molecule has 1 aromatic rings. The molecule has 1 unspecified atom stereocenters. The summed E-state index contributed by atoms with van der Waals surface area (Å²) in [5.74, 6) is -0.962. The molecule has 2 N–H and O–H groups in total. The predicted octanol–water partition coefficient (Wildman–Crippen LogP) is 2.22. The van der Waals surface area contributed by atoms with E-state index in [2.05, 4.69) is 27.8 Å². The van der Waals surface area contributed by atoms with Crippen LogP contribution >= 0.6 is 15.9 Å². The molecule has 0 aliphatic rings. The van der Waals surface area contributed by atoms with Gasteiger partial charge in [-0.15, -0.1) is 6.58 Å². The van der Waals surface area contributed by atoms with E-state index in [-0.39, 0.29) is 6.42 Å². The first-order chi connectivity index (χ1) is 8.99. The van der Waals surface area contributed by atoms with E-state index in [9.17, 15) is 9.59 Å². The Labute approximate surface area is 119 Å². The van der Waals surface area contributed by atoms with Crippen LogP contribution in [0.25, 0.3) is 0 Å². The van der Waals surface area contributed by atoms with E-state index in [4.69, 9.17) is 9.84 Å². The quantitative estimate of drug-likeness (QED) is 0.785. The summed E-state index contributed by atoms with van der Waals surface area (Å²) in [5, 5.41) is 11.4. The van der Waals surface area contributed by atoms with Gasteiger partial charge in [-0.25, -0.2) is 4.79 Å². The zero-order valence-corrected chi connectivity index (χ0v) is 11.9. The second kappa shape index (κ2) is 6.94. The first-order valence-corrected chi connectivity index (χ1v) is 6.27. The molecule has 0 saturated heterocycles. The summed E-state index contributed by atoms with van der Waals surface area (Å²) >= 11 is 3.26. The topological polar surface area (TPSA) is 75.6 Å². The second-order valence-electron chi connectivity index (χ2n) is 3.74. The fourth-order valence-electron chi connectivity index (χ4n) is 1.44. The molecular formula is C13H14BrNO4. The lowest BCUT2D eigenvalue weighted by Gasteiger charge is -2.13. The van der Waals surface area contributed by atoms with Crippen LogP contribution in [0.4, 0.5) is 0 Å². The first kappa shape index (κ1) is 15.2. The number of carboxylic acid groups (broad SMARTS) is 1. The zero-order valence-electron chi connectivity index (χ0n) is 10.4. The van der Waals surface area contributed by atoms with Crippen molar-refractivity contribution >= 4 is 27.8 Å². The third-order valence-electron chi connectivity index (χ3n) is 2.42. The highest BCUT2D eigenvalue weighted by Gasteiger charge is 2.19. The van der Waals surface area contributed by atoms with Crippen molar-refractivity contribution in [2.75, 3.05) is 7.11 Å². The number of methoxy groups -OCH3 is 1. The van der Waals surface area contributed by atoms with Gasteiger partial charge in [-0.3, -0.25) is 4.79 Å². The van der Waals surface area contributed by atoms with E-state index in [0.29, 0.717) is 15.8 Å². The number of halogens is 1. The second-order valence-corrected chi connectivity index (χ2v) is 4.59. The van der Waals surface area contributed by atoms with Gasteiger partial charge in [0.25, 0.3) is 5.91 Å². The third kappa shape index (κ3) is 4.10. The molecule has 1 aromatic carbocycles. The van der Waals surface area contributed by atoms with E-state index < -0.39 is 17.9 Å². The first-order valence-electron chi connectivity index (χ1n) is 5.47. The van der Waals surface area contributed by atoms with Crippen LogP contribution < -0.4 is 10.1 Å². The van der Waals surface area contributed by atoms with Gasteiger partial charge in [0, 0.05) is 5.56 Å². The van der Waals surface area contributed by atoms with Crippen LogP contribution in [0.1, 0.15) is 16.8 Å². The molecule has 0 fully saturated rings. The van der Waals surface area contributed by atoms with E-state index >= 15 is 0 Å². The molecule has 5 nitrogen and oxygen atoms in total. The molecule has 0 aromatic heterocycles. The molecule has 102 valence electrons. The van der Waals surface area contributed by atoms with Crippen molar-refractivity contribution < 1.29 is 19.4 Å². The van der Waals surface area contributed by atoms with Crippen LogP contribution in [0.15, 0.2) is 35.3 Å². The van der Waals surface area contributed by atoms with Crippen LogP contribution in [0, 0.1) is 0 Å². The number of benzene rings is 1. The van der Waals surface area contributed by atoms with Gasteiger partial charge in [0.2, 0.25) is 0 Å². The van der Waals surface area contributed by atoms with Crippen LogP contribution in [-0.2, 0) is 4.79 Å². The summed E-state index contributed by atoms with van der Waals surface area (Å²) in [4.78, 5) is 22.8. The Hall–Kier alpha value is -1.82. The minimum Gasteiger partial charge on any atom is -0.496 e. The van der Waals surface area contributed by atoms with Gasteiger partial charge in [-0.05, 0) is 40.5 Å². The number of aliphatic carboxylic acids is 1. The monoisotopic (exact) mass is 327 g/mol. The largest absolute Gasteiger partial charge is 0.496 e. The lowest BCUT2D eigenvalue weighted by Crippen LogP contribution is -2.40. The third-order valence-corrected chi connectivity index (χ3v) is 3.04. The van der Waals surface area contributed by atoms with Gasteiger partial charge >= 0.3 is 5.97 Å². The summed E-state index contributed by atoms with van der Waals surface area (Å²) < 4.78 is 5.68. The molecule has 0 radical (unpaired) electrons. The normalized spacial score (nSPS) is 11.5. The maximum Gasteiger partial charge on any atom is 0.326 e. The Kier molecular flexibility index (Phi) is 5.57. The minimum absolute atomic E-state index is 0.165. The van der Waals surface area contributed by atoms with Gasteiger partial charge in [0.15, 0.2) is 0 Å². The highest BCUT2D eigenvalue weighted by molar-refractivity contribution is 9.10. The Bertz CT molecular complexity index is 501. The van der Waals surface area contributed by atoms with Crippen LogP contribution in [-0.4, -0.2) is 30.1 Å². The van der Waals surface area contributed by atoms with Gasteiger partial charge in [0.05, 0.1) is 11.6 Å². The fraction of sp³-hybridized carbons (Fsp3) is 0.231. The van der Waals surface area contributed by atoms with Crippen molar-refractivity contribution in [1.29, 1.82) is 0 Å². The number of hydrogen-bond acceptors (Lipinski definition) is 3. The molecule has 1 rings (SSSR count). The zero-order chi connectivity index (χ0) is 14.4. The summed E-state index contributed by atoms with van der Waals surface area (Å²) in [6.07, 6.45) is 1.61. The SMILES string of the molecule is C=CCC(NC(=O)c1ccc(OC)c(Br)c1)C(=O)O. The molecule has 1 atom stereocenters. The maximum atomic E-state index is 11.9. The van der Waals surface area contributed by atoms with Crippen LogP contribution in [0.5, 0.6) is 5.75 Å². The number of ether oxygens (including phenoxy) is 1. The number of carbonyl (C=O) groups is 2. The van der Waals surface area contributed by atoms with E-state index in [1.807, 2.05) is 0 Å². The Morgan fingerprint density at radius 1 is 1.58 bits per heavy atom. The number of amides is 1.